The van der Waals surface area contributed by atoms with Crippen LogP contribution in [-0.2, 0) is 17.4 Å². The van der Waals surface area contributed by atoms with E-state index in [0.29, 0.717) is 26.1 Å². The van der Waals surface area contributed by atoms with Gasteiger partial charge in [-0.3, -0.25) is 4.79 Å². The fraction of sp³-hybridized carbons (Fsp3) is 0.500. The number of likely N-dealkylation sites (tertiary alicyclic amines) is 1. The Kier molecular flexibility index (Phi) is 4.32. The topological polar surface area (TPSA) is 46.3 Å². The lowest BCUT2D eigenvalue weighted by atomic mass is 10.0. The summed E-state index contributed by atoms with van der Waals surface area (Å²) in [5.74, 6) is 0.102. The number of carbonyl (C=O) groups excluding carboxylic acids is 1. The van der Waals surface area contributed by atoms with Gasteiger partial charge in [-0.2, -0.15) is 13.2 Å². The van der Waals surface area contributed by atoms with Crippen LogP contribution in [0.25, 0.3) is 0 Å². The number of amides is 1. The molecule has 1 unspecified atom stereocenters. The number of benzene rings is 1. The molecule has 110 valence electrons. The van der Waals surface area contributed by atoms with E-state index in [1.807, 2.05) is 0 Å². The molecule has 2 rings (SSSR count). The molecule has 1 aromatic rings. The van der Waals surface area contributed by atoms with Gasteiger partial charge < -0.3 is 10.6 Å². The molecule has 0 spiro atoms. The Hall–Kier alpha value is -1.56. The van der Waals surface area contributed by atoms with Gasteiger partial charge in [-0.1, -0.05) is 18.2 Å². The summed E-state index contributed by atoms with van der Waals surface area (Å²) in [6.45, 7) is 1.29. The first-order valence-corrected chi connectivity index (χ1v) is 6.54. The quantitative estimate of drug-likeness (QED) is 0.921. The summed E-state index contributed by atoms with van der Waals surface area (Å²) >= 11 is 0. The standard InChI is InChI=1S/C14H17F3N2O/c15-14(16,17)12-4-2-1-3-11(12)5-6-19-9-10(8-18)7-13(19)20/h1-4,10H,5-9,18H2. The molecular weight excluding hydrogens is 269 g/mol. The summed E-state index contributed by atoms with van der Waals surface area (Å²) in [5, 5.41) is 0. The van der Waals surface area contributed by atoms with Crippen molar-refractivity contribution in [3.8, 4) is 0 Å². The molecule has 0 bridgehead atoms. The predicted octanol–water partition coefficient (Wildman–Crippen LogP) is 2.06. The van der Waals surface area contributed by atoms with Gasteiger partial charge in [0.25, 0.3) is 0 Å². The molecular formula is C14H17F3N2O. The van der Waals surface area contributed by atoms with Crippen LogP contribution in [0.5, 0.6) is 0 Å². The highest BCUT2D eigenvalue weighted by atomic mass is 19.4. The van der Waals surface area contributed by atoms with Crippen molar-refractivity contribution in [2.24, 2.45) is 11.7 Å². The summed E-state index contributed by atoms with van der Waals surface area (Å²) in [7, 11) is 0. The first-order valence-electron chi connectivity index (χ1n) is 6.54. The Bertz CT molecular complexity index is 488. The number of nitrogens with two attached hydrogens (primary N) is 1. The van der Waals surface area contributed by atoms with Crippen LogP contribution in [0, 0.1) is 5.92 Å². The van der Waals surface area contributed by atoms with E-state index >= 15 is 0 Å². The van der Waals surface area contributed by atoms with Crippen LogP contribution in [-0.4, -0.2) is 30.4 Å². The number of rotatable bonds is 4. The van der Waals surface area contributed by atoms with Crippen molar-refractivity contribution in [3.05, 3.63) is 35.4 Å². The molecule has 0 aliphatic carbocycles. The van der Waals surface area contributed by atoms with Crippen LogP contribution in [0.3, 0.4) is 0 Å². The van der Waals surface area contributed by atoms with Crippen LogP contribution in [0.2, 0.25) is 0 Å². The third kappa shape index (κ3) is 3.30. The molecule has 1 saturated heterocycles. The number of hydrogen-bond donors (Lipinski definition) is 1. The second kappa shape index (κ2) is 5.83. The Morgan fingerprint density at radius 1 is 1.30 bits per heavy atom. The molecule has 6 heteroatoms. The Morgan fingerprint density at radius 3 is 2.60 bits per heavy atom. The van der Waals surface area contributed by atoms with Crippen molar-refractivity contribution in [2.75, 3.05) is 19.6 Å². The number of hydrogen-bond acceptors (Lipinski definition) is 2. The molecule has 1 amide bonds. The van der Waals surface area contributed by atoms with E-state index in [2.05, 4.69) is 0 Å². The van der Waals surface area contributed by atoms with Crippen molar-refractivity contribution >= 4 is 5.91 Å². The van der Waals surface area contributed by atoms with Gasteiger partial charge in [-0.15, -0.1) is 0 Å². The summed E-state index contributed by atoms with van der Waals surface area (Å²) in [4.78, 5) is 13.3. The number of carbonyl (C=O) groups is 1. The zero-order valence-corrected chi connectivity index (χ0v) is 11.0. The van der Waals surface area contributed by atoms with E-state index in [0.717, 1.165) is 6.07 Å². The second-order valence-corrected chi connectivity index (χ2v) is 5.05. The molecule has 0 saturated carbocycles. The lowest BCUT2D eigenvalue weighted by Crippen LogP contribution is -2.29. The fourth-order valence-corrected chi connectivity index (χ4v) is 2.50. The summed E-state index contributed by atoms with van der Waals surface area (Å²) in [6, 6.07) is 5.49. The van der Waals surface area contributed by atoms with E-state index in [9.17, 15) is 18.0 Å². The Balaban J connectivity index is 2.03. The van der Waals surface area contributed by atoms with Crippen molar-refractivity contribution in [1.29, 1.82) is 0 Å². The highest BCUT2D eigenvalue weighted by Gasteiger charge is 2.33. The first kappa shape index (κ1) is 14.8. The van der Waals surface area contributed by atoms with Crippen molar-refractivity contribution in [3.63, 3.8) is 0 Å². The molecule has 0 aromatic heterocycles. The van der Waals surface area contributed by atoms with Gasteiger partial charge in [0.05, 0.1) is 5.56 Å². The molecule has 1 aliphatic heterocycles. The van der Waals surface area contributed by atoms with Gasteiger partial charge in [0.1, 0.15) is 0 Å². The van der Waals surface area contributed by atoms with E-state index < -0.39 is 11.7 Å². The highest BCUT2D eigenvalue weighted by Crippen LogP contribution is 2.32. The maximum absolute atomic E-state index is 12.8. The predicted molar refractivity (Wildman–Crippen MR) is 68.9 cm³/mol. The first-order chi connectivity index (χ1) is 9.41. The van der Waals surface area contributed by atoms with Gasteiger partial charge in [-0.25, -0.2) is 0 Å². The van der Waals surface area contributed by atoms with Gasteiger partial charge in [0.2, 0.25) is 5.91 Å². The molecule has 1 atom stereocenters. The molecule has 3 nitrogen and oxygen atoms in total. The highest BCUT2D eigenvalue weighted by molar-refractivity contribution is 5.78. The largest absolute Gasteiger partial charge is 0.416 e. The third-order valence-electron chi connectivity index (χ3n) is 3.60. The van der Waals surface area contributed by atoms with Crippen LogP contribution >= 0.6 is 0 Å². The molecule has 2 N–H and O–H groups in total. The monoisotopic (exact) mass is 286 g/mol. The normalized spacial score (nSPS) is 19.7. The maximum atomic E-state index is 12.8. The van der Waals surface area contributed by atoms with Gasteiger partial charge in [0.15, 0.2) is 0 Å². The van der Waals surface area contributed by atoms with Crippen LogP contribution in [0.15, 0.2) is 24.3 Å². The van der Waals surface area contributed by atoms with Crippen molar-refractivity contribution in [2.45, 2.75) is 19.0 Å². The smallest absolute Gasteiger partial charge is 0.342 e. The van der Waals surface area contributed by atoms with Gasteiger partial charge in [0, 0.05) is 19.5 Å². The zero-order valence-electron chi connectivity index (χ0n) is 11.0. The van der Waals surface area contributed by atoms with E-state index in [1.54, 1.807) is 11.0 Å². The van der Waals surface area contributed by atoms with E-state index in [1.165, 1.54) is 12.1 Å². The van der Waals surface area contributed by atoms with Crippen LogP contribution in [0.1, 0.15) is 17.5 Å². The molecule has 1 heterocycles. The summed E-state index contributed by atoms with van der Waals surface area (Å²) < 4.78 is 38.5. The Labute approximate surface area is 115 Å². The number of alkyl halides is 3. The fourth-order valence-electron chi connectivity index (χ4n) is 2.50. The van der Waals surface area contributed by atoms with E-state index in [4.69, 9.17) is 5.73 Å². The maximum Gasteiger partial charge on any atom is 0.416 e. The van der Waals surface area contributed by atoms with E-state index in [-0.39, 0.29) is 23.8 Å². The molecule has 20 heavy (non-hydrogen) atoms. The lowest BCUT2D eigenvalue weighted by molar-refractivity contribution is -0.138. The minimum Gasteiger partial charge on any atom is -0.342 e. The average molecular weight is 286 g/mol. The van der Waals surface area contributed by atoms with Crippen molar-refractivity contribution < 1.29 is 18.0 Å². The molecule has 1 fully saturated rings. The Morgan fingerprint density at radius 2 is 2.00 bits per heavy atom. The second-order valence-electron chi connectivity index (χ2n) is 5.05. The molecule has 0 radical (unpaired) electrons. The summed E-state index contributed by atoms with van der Waals surface area (Å²) in [6.07, 6.45) is -3.75. The van der Waals surface area contributed by atoms with Crippen LogP contribution in [0.4, 0.5) is 13.2 Å². The van der Waals surface area contributed by atoms with Crippen molar-refractivity contribution in [1.82, 2.24) is 4.90 Å². The minimum atomic E-state index is -4.36. The number of halogens is 3. The SMILES string of the molecule is NCC1CC(=O)N(CCc2ccccc2C(F)(F)F)C1. The zero-order chi connectivity index (χ0) is 14.8. The minimum absolute atomic E-state index is 0.0232. The van der Waals surface area contributed by atoms with Gasteiger partial charge in [-0.05, 0) is 30.5 Å². The summed E-state index contributed by atoms with van der Waals surface area (Å²) in [5.41, 5.74) is 5.12. The van der Waals surface area contributed by atoms with Crippen LogP contribution < -0.4 is 5.73 Å². The average Bonchev–Trinajstić information content (AvgIpc) is 2.76. The molecule has 1 aromatic carbocycles. The number of nitrogens with zero attached hydrogens (tertiary/aromatic N) is 1. The molecule has 1 aliphatic rings. The lowest BCUT2D eigenvalue weighted by Gasteiger charge is -2.18. The third-order valence-corrected chi connectivity index (χ3v) is 3.60. The van der Waals surface area contributed by atoms with Gasteiger partial charge >= 0.3 is 6.18 Å².